The van der Waals surface area contributed by atoms with Crippen LogP contribution in [0.1, 0.15) is 29.8 Å². The minimum atomic E-state index is 0.242. The topological polar surface area (TPSA) is 34.1 Å². The number of aromatic nitrogens is 1. The molecule has 29 heavy (non-hydrogen) atoms. The van der Waals surface area contributed by atoms with Crippen LogP contribution in [-0.2, 0) is 13.2 Å². The summed E-state index contributed by atoms with van der Waals surface area (Å²) >= 11 is 2.43. The first-order valence-corrected chi connectivity index (χ1v) is 10.8. The normalized spacial score (nSPS) is 12.1. The van der Waals surface area contributed by atoms with Crippen molar-refractivity contribution in [3.8, 4) is 5.75 Å². The van der Waals surface area contributed by atoms with E-state index < -0.39 is 0 Å². The second-order valence-corrected chi connectivity index (χ2v) is 8.20. The van der Waals surface area contributed by atoms with Gasteiger partial charge in [-0.2, -0.15) is 0 Å². The average molecular weight is 494 g/mol. The summed E-state index contributed by atoms with van der Waals surface area (Å²) in [6, 6.07) is 27.3. The Bertz CT molecular complexity index is 1100. The molecule has 0 aliphatic carbocycles. The number of nitrogens with one attached hydrogen (secondary N) is 1. The van der Waals surface area contributed by atoms with E-state index in [0.717, 1.165) is 18.0 Å². The number of benzene rings is 3. The van der Waals surface area contributed by atoms with Crippen molar-refractivity contribution in [2.45, 2.75) is 26.1 Å². The van der Waals surface area contributed by atoms with E-state index in [1.807, 2.05) is 30.3 Å². The van der Waals surface area contributed by atoms with Gasteiger partial charge in [-0.25, -0.2) is 0 Å². The molecule has 0 saturated heterocycles. The van der Waals surface area contributed by atoms with Crippen LogP contribution >= 0.6 is 22.6 Å². The second-order valence-electron chi connectivity index (χ2n) is 7.04. The zero-order valence-electron chi connectivity index (χ0n) is 16.3. The van der Waals surface area contributed by atoms with E-state index in [1.165, 1.54) is 25.5 Å². The highest BCUT2D eigenvalue weighted by molar-refractivity contribution is 14.1. The van der Waals surface area contributed by atoms with Gasteiger partial charge in [-0.1, -0.05) is 48.5 Å². The third-order valence-electron chi connectivity index (χ3n) is 4.97. The highest BCUT2D eigenvalue weighted by atomic mass is 127. The molecule has 0 spiro atoms. The summed E-state index contributed by atoms with van der Waals surface area (Å²) in [6.45, 7) is 3.48. The molecule has 4 heteroatoms. The minimum absolute atomic E-state index is 0.242. The number of rotatable bonds is 7. The lowest BCUT2D eigenvalue weighted by Gasteiger charge is -2.19. The Kier molecular flexibility index (Phi) is 6.42. The number of pyridine rings is 1. The molecule has 146 valence electrons. The summed E-state index contributed by atoms with van der Waals surface area (Å²) in [5, 5.41) is 6.27. The largest absolute Gasteiger partial charge is 0.487 e. The molecule has 0 fully saturated rings. The Morgan fingerprint density at radius 3 is 2.69 bits per heavy atom. The molecule has 4 rings (SSSR count). The van der Waals surface area contributed by atoms with Crippen molar-refractivity contribution in [1.82, 2.24) is 10.3 Å². The SMILES string of the molecule is C[C@H](NCc1cccc(OCc2ccccn2)c1)c1c(I)ccc2ccccc12. The Hall–Kier alpha value is -2.44. The average Bonchev–Trinajstić information content (AvgIpc) is 2.77. The van der Waals surface area contributed by atoms with Crippen molar-refractivity contribution < 1.29 is 4.74 Å². The molecular formula is C25H23IN2O. The highest BCUT2D eigenvalue weighted by Gasteiger charge is 2.13. The van der Waals surface area contributed by atoms with Crippen LogP contribution in [0.2, 0.25) is 0 Å². The first-order chi connectivity index (χ1) is 14.2. The lowest BCUT2D eigenvalue weighted by Crippen LogP contribution is -2.19. The van der Waals surface area contributed by atoms with Crippen molar-refractivity contribution in [3.63, 3.8) is 0 Å². The van der Waals surface area contributed by atoms with Crippen molar-refractivity contribution in [3.05, 3.63) is 105 Å². The first-order valence-electron chi connectivity index (χ1n) is 9.73. The van der Waals surface area contributed by atoms with Gasteiger partial charge in [0.2, 0.25) is 0 Å². The monoisotopic (exact) mass is 494 g/mol. The zero-order valence-corrected chi connectivity index (χ0v) is 18.5. The summed E-state index contributed by atoms with van der Waals surface area (Å²) in [5.74, 6) is 0.863. The number of halogens is 1. The molecule has 0 saturated carbocycles. The van der Waals surface area contributed by atoms with E-state index >= 15 is 0 Å². The number of nitrogens with zero attached hydrogens (tertiary/aromatic N) is 1. The summed E-state index contributed by atoms with van der Waals surface area (Å²) in [7, 11) is 0. The van der Waals surface area contributed by atoms with Crippen molar-refractivity contribution in [1.29, 1.82) is 0 Å². The van der Waals surface area contributed by atoms with Gasteiger partial charge in [0.25, 0.3) is 0 Å². The third kappa shape index (κ3) is 4.95. The molecule has 0 bridgehead atoms. The Balaban J connectivity index is 1.44. The van der Waals surface area contributed by atoms with Gasteiger partial charge in [-0.3, -0.25) is 4.98 Å². The minimum Gasteiger partial charge on any atom is -0.487 e. The molecule has 1 N–H and O–H groups in total. The molecule has 1 heterocycles. The zero-order chi connectivity index (χ0) is 20.1. The van der Waals surface area contributed by atoms with Crippen LogP contribution in [-0.4, -0.2) is 4.98 Å². The molecule has 0 unspecified atom stereocenters. The van der Waals surface area contributed by atoms with Crippen LogP contribution < -0.4 is 10.1 Å². The number of hydrogen-bond donors (Lipinski definition) is 1. The van der Waals surface area contributed by atoms with Gasteiger partial charge in [0, 0.05) is 22.4 Å². The lowest BCUT2D eigenvalue weighted by atomic mass is 9.99. The van der Waals surface area contributed by atoms with Gasteiger partial charge in [-0.15, -0.1) is 0 Å². The number of fused-ring (bicyclic) bond motifs is 1. The molecular weight excluding hydrogens is 471 g/mol. The Labute approximate surface area is 185 Å². The van der Waals surface area contributed by atoms with E-state index in [1.54, 1.807) is 6.20 Å². The van der Waals surface area contributed by atoms with E-state index in [2.05, 4.69) is 88.3 Å². The molecule has 0 aliphatic heterocycles. The summed E-state index contributed by atoms with van der Waals surface area (Å²) < 4.78 is 7.20. The fourth-order valence-electron chi connectivity index (χ4n) is 3.47. The van der Waals surface area contributed by atoms with E-state index in [4.69, 9.17) is 4.74 Å². The smallest absolute Gasteiger partial charge is 0.130 e. The van der Waals surface area contributed by atoms with Gasteiger partial charge in [0.05, 0.1) is 5.69 Å². The number of hydrogen-bond acceptors (Lipinski definition) is 3. The maximum atomic E-state index is 5.91. The maximum Gasteiger partial charge on any atom is 0.130 e. The standard InChI is InChI=1S/C25H23IN2O/c1-18(25-23-11-3-2-8-20(23)12-13-24(25)26)28-16-19-7-6-10-22(15-19)29-17-21-9-4-5-14-27-21/h2-15,18,28H,16-17H2,1H3/t18-/m0/s1. The van der Waals surface area contributed by atoms with E-state index in [0.29, 0.717) is 6.61 Å². The third-order valence-corrected chi connectivity index (χ3v) is 5.91. The van der Waals surface area contributed by atoms with Crippen LogP contribution in [0.5, 0.6) is 5.75 Å². The molecule has 1 atom stereocenters. The van der Waals surface area contributed by atoms with Crippen LogP contribution in [0.15, 0.2) is 85.1 Å². The van der Waals surface area contributed by atoms with Gasteiger partial charge in [0.15, 0.2) is 0 Å². The van der Waals surface area contributed by atoms with Crippen molar-refractivity contribution >= 4 is 33.4 Å². The molecule has 0 aliphatic rings. The van der Waals surface area contributed by atoms with E-state index in [-0.39, 0.29) is 6.04 Å². The fourth-order valence-corrected chi connectivity index (χ4v) is 4.41. The lowest BCUT2D eigenvalue weighted by molar-refractivity contribution is 0.301. The molecule has 4 aromatic rings. The van der Waals surface area contributed by atoms with E-state index in [9.17, 15) is 0 Å². The van der Waals surface area contributed by atoms with Gasteiger partial charge < -0.3 is 10.1 Å². The molecule has 3 nitrogen and oxygen atoms in total. The Morgan fingerprint density at radius 2 is 1.83 bits per heavy atom. The maximum absolute atomic E-state index is 5.91. The van der Waals surface area contributed by atoms with Crippen LogP contribution in [0.4, 0.5) is 0 Å². The molecule has 1 aromatic heterocycles. The van der Waals surface area contributed by atoms with Gasteiger partial charge in [-0.05, 0) is 81.7 Å². The second kappa shape index (κ2) is 9.37. The van der Waals surface area contributed by atoms with Crippen LogP contribution in [0.3, 0.4) is 0 Å². The summed E-state index contributed by atoms with van der Waals surface area (Å²) in [4.78, 5) is 4.30. The highest BCUT2D eigenvalue weighted by Crippen LogP contribution is 2.29. The van der Waals surface area contributed by atoms with Gasteiger partial charge >= 0.3 is 0 Å². The van der Waals surface area contributed by atoms with Gasteiger partial charge in [0.1, 0.15) is 12.4 Å². The van der Waals surface area contributed by atoms with Crippen LogP contribution in [0, 0.1) is 3.57 Å². The fraction of sp³-hybridized carbons (Fsp3) is 0.160. The summed E-state index contributed by atoms with van der Waals surface area (Å²) in [5.41, 5.74) is 3.48. The molecule has 3 aromatic carbocycles. The number of ether oxygens (including phenoxy) is 1. The van der Waals surface area contributed by atoms with Crippen molar-refractivity contribution in [2.24, 2.45) is 0 Å². The predicted molar refractivity (Wildman–Crippen MR) is 127 cm³/mol. The molecule has 0 radical (unpaired) electrons. The first kappa shape index (κ1) is 19.9. The Morgan fingerprint density at radius 1 is 0.966 bits per heavy atom. The molecule has 0 amide bonds. The van der Waals surface area contributed by atoms with Crippen LogP contribution in [0.25, 0.3) is 10.8 Å². The van der Waals surface area contributed by atoms with Crippen molar-refractivity contribution in [2.75, 3.05) is 0 Å². The predicted octanol–water partition coefficient (Wildman–Crippen LogP) is 6.27. The quantitative estimate of drug-likeness (QED) is 0.308. The summed E-state index contributed by atoms with van der Waals surface area (Å²) in [6.07, 6.45) is 1.79.